The first-order valence-electron chi connectivity index (χ1n) is 5.77. The molecule has 0 fully saturated rings. The summed E-state index contributed by atoms with van der Waals surface area (Å²) in [5.74, 6) is 0. The summed E-state index contributed by atoms with van der Waals surface area (Å²) in [4.78, 5) is 9.13. The second-order valence-corrected chi connectivity index (χ2v) is 4.09. The molecule has 0 aliphatic heterocycles. The average molecular weight is 305 g/mol. The molecule has 3 heteroatoms. The summed E-state index contributed by atoms with van der Waals surface area (Å²) in [6.07, 6.45) is 3.43. The van der Waals surface area contributed by atoms with E-state index in [0.717, 1.165) is 11.8 Å². The first-order chi connectivity index (χ1) is 8.15. The minimum Gasteiger partial charge on any atom is -0.302 e. The fourth-order valence-corrected chi connectivity index (χ4v) is 0.677. The Bertz CT molecular complexity index is 257. The fourth-order valence-electron chi connectivity index (χ4n) is 0.677. The largest absolute Gasteiger partial charge is 0.302 e. The first-order valence-corrected chi connectivity index (χ1v) is 6.89. The van der Waals surface area contributed by atoms with Crippen LogP contribution in [0.25, 0.3) is 0 Å². The normalized spacial score (nSPS) is 8.29. The van der Waals surface area contributed by atoms with Crippen LogP contribution < -0.4 is 0 Å². The van der Waals surface area contributed by atoms with Gasteiger partial charge in [-0.05, 0) is 12.5 Å². The molecular weight excluding hydrogens is 283 g/mol. The SMILES string of the molecule is CCCC.Cc1ccc(CF)cc1.O=CCBr. The van der Waals surface area contributed by atoms with Gasteiger partial charge in [0.25, 0.3) is 0 Å². The smallest absolute Gasteiger partial charge is 0.130 e. The molecule has 1 rings (SSSR count). The molecule has 17 heavy (non-hydrogen) atoms. The van der Waals surface area contributed by atoms with E-state index in [4.69, 9.17) is 4.79 Å². The van der Waals surface area contributed by atoms with Gasteiger partial charge in [-0.15, -0.1) is 0 Å². The zero-order valence-electron chi connectivity index (χ0n) is 10.9. The zero-order valence-corrected chi connectivity index (χ0v) is 12.5. The topological polar surface area (TPSA) is 17.1 Å². The lowest BCUT2D eigenvalue weighted by Crippen LogP contribution is -1.76. The van der Waals surface area contributed by atoms with E-state index in [-0.39, 0.29) is 6.67 Å². The number of hydrogen-bond donors (Lipinski definition) is 0. The summed E-state index contributed by atoms with van der Waals surface area (Å²) in [6, 6.07) is 7.43. The van der Waals surface area contributed by atoms with Gasteiger partial charge in [-0.1, -0.05) is 72.4 Å². The van der Waals surface area contributed by atoms with Crippen LogP contribution in [0.15, 0.2) is 24.3 Å². The van der Waals surface area contributed by atoms with Crippen LogP contribution in [0.1, 0.15) is 37.8 Å². The molecule has 0 radical (unpaired) electrons. The van der Waals surface area contributed by atoms with E-state index in [1.165, 1.54) is 18.4 Å². The van der Waals surface area contributed by atoms with Gasteiger partial charge in [0.1, 0.15) is 13.0 Å². The van der Waals surface area contributed by atoms with E-state index >= 15 is 0 Å². The summed E-state index contributed by atoms with van der Waals surface area (Å²) in [7, 11) is 0. The molecule has 0 amide bonds. The summed E-state index contributed by atoms with van der Waals surface area (Å²) < 4.78 is 11.9. The van der Waals surface area contributed by atoms with E-state index in [1.807, 2.05) is 19.1 Å². The monoisotopic (exact) mass is 304 g/mol. The van der Waals surface area contributed by atoms with Crippen molar-refractivity contribution in [3.8, 4) is 0 Å². The summed E-state index contributed by atoms with van der Waals surface area (Å²) in [5.41, 5.74) is 1.92. The number of carbonyl (C=O) groups is 1. The number of unbranched alkanes of at least 4 members (excludes halogenated alkanes) is 1. The lowest BCUT2D eigenvalue weighted by Gasteiger charge is -1.92. The van der Waals surface area contributed by atoms with Gasteiger partial charge in [-0.3, -0.25) is 0 Å². The van der Waals surface area contributed by atoms with E-state index in [1.54, 1.807) is 12.1 Å². The van der Waals surface area contributed by atoms with E-state index in [2.05, 4.69) is 29.8 Å². The van der Waals surface area contributed by atoms with E-state index in [0.29, 0.717) is 5.33 Å². The van der Waals surface area contributed by atoms with Crippen molar-refractivity contribution in [2.75, 3.05) is 5.33 Å². The highest BCUT2D eigenvalue weighted by molar-refractivity contribution is 9.09. The third kappa shape index (κ3) is 15.3. The van der Waals surface area contributed by atoms with Crippen LogP contribution >= 0.6 is 15.9 Å². The van der Waals surface area contributed by atoms with E-state index in [9.17, 15) is 4.39 Å². The molecule has 0 aliphatic rings. The summed E-state index contributed by atoms with van der Waals surface area (Å²) in [6.45, 7) is 5.99. The molecule has 0 spiro atoms. The zero-order chi connectivity index (χ0) is 13.5. The number of halogens is 2. The van der Waals surface area contributed by atoms with Crippen molar-refractivity contribution < 1.29 is 9.18 Å². The summed E-state index contributed by atoms with van der Waals surface area (Å²) >= 11 is 2.88. The highest BCUT2D eigenvalue weighted by Gasteiger charge is 1.87. The third-order valence-corrected chi connectivity index (χ3v) is 2.10. The van der Waals surface area contributed by atoms with Crippen molar-refractivity contribution in [1.82, 2.24) is 0 Å². The molecule has 1 nitrogen and oxygen atoms in total. The maximum Gasteiger partial charge on any atom is 0.130 e. The Morgan fingerprint density at radius 3 is 1.82 bits per heavy atom. The summed E-state index contributed by atoms with van der Waals surface area (Å²) in [5, 5.41) is 0.451. The van der Waals surface area contributed by atoms with Gasteiger partial charge in [-0.2, -0.15) is 0 Å². The number of carbonyl (C=O) groups excluding carboxylic acids is 1. The van der Waals surface area contributed by atoms with Gasteiger partial charge in [0.15, 0.2) is 0 Å². The number of hydrogen-bond acceptors (Lipinski definition) is 1. The van der Waals surface area contributed by atoms with Crippen LogP contribution in [0.3, 0.4) is 0 Å². The van der Waals surface area contributed by atoms with Gasteiger partial charge >= 0.3 is 0 Å². The van der Waals surface area contributed by atoms with Crippen LogP contribution in [-0.4, -0.2) is 11.6 Å². The Morgan fingerprint density at radius 2 is 1.59 bits per heavy atom. The number of rotatable bonds is 3. The molecule has 98 valence electrons. The molecule has 0 aromatic heterocycles. The maximum absolute atomic E-state index is 11.9. The highest BCUT2D eigenvalue weighted by atomic mass is 79.9. The fraction of sp³-hybridized carbons (Fsp3) is 0.500. The molecule has 0 unspecified atom stereocenters. The minimum absolute atomic E-state index is 0.361. The molecule has 0 heterocycles. The lowest BCUT2D eigenvalue weighted by molar-refractivity contribution is -0.105. The Labute approximate surface area is 113 Å². The van der Waals surface area contributed by atoms with Crippen LogP contribution in [0, 0.1) is 6.92 Å². The van der Waals surface area contributed by atoms with Crippen LogP contribution in [0.2, 0.25) is 0 Å². The molecular formula is C14H22BrFO. The predicted molar refractivity (Wildman–Crippen MR) is 76.4 cm³/mol. The van der Waals surface area contributed by atoms with Gasteiger partial charge in [-0.25, -0.2) is 4.39 Å². The minimum atomic E-state index is -0.361. The molecule has 0 N–H and O–H groups in total. The standard InChI is InChI=1S/C8H9F.C4H10.C2H3BrO/c1-7-2-4-8(6-9)5-3-7;1-3-4-2;3-1-2-4/h2-5H,6H2,1H3;3-4H2,1-2H3;2H,1H2. The van der Waals surface area contributed by atoms with Gasteiger partial charge in [0.2, 0.25) is 0 Å². The quantitative estimate of drug-likeness (QED) is 0.576. The van der Waals surface area contributed by atoms with Crippen molar-refractivity contribution in [3.63, 3.8) is 0 Å². The number of aryl methyl sites for hydroxylation is 1. The molecule has 0 saturated carbocycles. The number of aldehydes is 1. The van der Waals surface area contributed by atoms with Crippen molar-refractivity contribution >= 4 is 22.2 Å². The number of alkyl halides is 2. The van der Waals surface area contributed by atoms with Crippen molar-refractivity contribution in [3.05, 3.63) is 35.4 Å². The Hall–Kier alpha value is -0.700. The van der Waals surface area contributed by atoms with E-state index < -0.39 is 0 Å². The van der Waals surface area contributed by atoms with Crippen molar-refractivity contribution in [2.45, 2.75) is 40.3 Å². The number of benzene rings is 1. The lowest BCUT2D eigenvalue weighted by atomic mass is 10.2. The molecule has 0 saturated heterocycles. The maximum atomic E-state index is 11.9. The van der Waals surface area contributed by atoms with Gasteiger partial charge < -0.3 is 4.79 Å². The Balaban J connectivity index is 0. The van der Waals surface area contributed by atoms with Gasteiger partial charge in [0, 0.05) is 0 Å². The van der Waals surface area contributed by atoms with Gasteiger partial charge in [0.05, 0.1) is 5.33 Å². The Morgan fingerprint density at radius 1 is 1.18 bits per heavy atom. The second kappa shape index (κ2) is 15.3. The Kier molecular flexibility index (Phi) is 16.8. The molecule has 0 aliphatic carbocycles. The second-order valence-electron chi connectivity index (χ2n) is 3.44. The third-order valence-electron chi connectivity index (χ3n) is 1.84. The average Bonchev–Trinajstić information content (AvgIpc) is 2.40. The molecule has 0 atom stereocenters. The highest BCUT2D eigenvalue weighted by Crippen LogP contribution is 2.03. The van der Waals surface area contributed by atoms with Crippen molar-refractivity contribution in [2.24, 2.45) is 0 Å². The molecule has 0 bridgehead atoms. The molecule has 1 aromatic rings. The first kappa shape index (κ1) is 18.7. The van der Waals surface area contributed by atoms with Crippen LogP contribution in [0.4, 0.5) is 4.39 Å². The van der Waals surface area contributed by atoms with Crippen molar-refractivity contribution in [1.29, 1.82) is 0 Å². The van der Waals surface area contributed by atoms with Crippen LogP contribution in [-0.2, 0) is 11.5 Å². The predicted octanol–water partition coefficient (Wildman–Crippen LogP) is 4.85. The van der Waals surface area contributed by atoms with Crippen LogP contribution in [0.5, 0.6) is 0 Å². The molecule has 1 aromatic carbocycles.